The van der Waals surface area contributed by atoms with Crippen LogP contribution in [0.1, 0.15) is 11.1 Å². The Labute approximate surface area is 113 Å². The Bertz CT molecular complexity index is 675. The summed E-state index contributed by atoms with van der Waals surface area (Å²) in [5.41, 5.74) is 2.02. The molecule has 2 rings (SSSR count). The minimum absolute atomic E-state index is 0.260. The van der Waals surface area contributed by atoms with Gasteiger partial charge < -0.3 is 4.74 Å². The molecule has 1 aromatic carbocycles. The van der Waals surface area contributed by atoms with Gasteiger partial charge in [-0.3, -0.25) is 4.98 Å². The number of pyridine rings is 1. The van der Waals surface area contributed by atoms with E-state index in [9.17, 15) is 13.2 Å². The summed E-state index contributed by atoms with van der Waals surface area (Å²) in [4.78, 5) is 3.93. The zero-order chi connectivity index (χ0) is 14.8. The van der Waals surface area contributed by atoms with E-state index in [0.717, 1.165) is 11.6 Å². The van der Waals surface area contributed by atoms with E-state index in [1.165, 1.54) is 18.3 Å². The van der Waals surface area contributed by atoms with Crippen LogP contribution in [0.2, 0.25) is 0 Å². The van der Waals surface area contributed by atoms with Gasteiger partial charge in [0, 0.05) is 23.5 Å². The fourth-order valence-corrected chi connectivity index (χ4v) is 1.79. The van der Waals surface area contributed by atoms with E-state index in [-0.39, 0.29) is 11.3 Å². The van der Waals surface area contributed by atoms with Crippen LogP contribution >= 0.6 is 0 Å². The first kappa shape index (κ1) is 13.9. The van der Waals surface area contributed by atoms with E-state index in [4.69, 9.17) is 5.26 Å². The minimum atomic E-state index is -4.77. The fourth-order valence-electron chi connectivity index (χ4n) is 1.79. The van der Waals surface area contributed by atoms with E-state index in [2.05, 4.69) is 9.72 Å². The molecular formula is C14H9F3N2O. The number of hydrogen-bond donors (Lipinski definition) is 0. The van der Waals surface area contributed by atoms with Crippen molar-refractivity contribution in [2.75, 3.05) is 0 Å². The number of ether oxygens (including phenoxy) is 1. The van der Waals surface area contributed by atoms with Gasteiger partial charge in [-0.25, -0.2) is 0 Å². The van der Waals surface area contributed by atoms with Gasteiger partial charge in [-0.15, -0.1) is 13.2 Å². The van der Waals surface area contributed by atoms with Gasteiger partial charge in [0.05, 0.1) is 11.6 Å². The van der Waals surface area contributed by atoms with Crippen LogP contribution in [-0.2, 0) is 0 Å². The summed E-state index contributed by atoms with van der Waals surface area (Å²) >= 11 is 0. The fraction of sp³-hybridized carbons (Fsp3) is 0.143. The lowest BCUT2D eigenvalue weighted by Gasteiger charge is -2.12. The second kappa shape index (κ2) is 5.21. The molecule has 0 radical (unpaired) electrons. The SMILES string of the molecule is Cc1ccncc1-c1cc(OC(F)(F)F)ccc1C#N. The third-order valence-corrected chi connectivity index (χ3v) is 2.67. The second-order valence-corrected chi connectivity index (χ2v) is 4.06. The second-order valence-electron chi connectivity index (χ2n) is 4.06. The first-order chi connectivity index (χ1) is 9.40. The molecule has 2 aromatic rings. The zero-order valence-corrected chi connectivity index (χ0v) is 10.4. The van der Waals surface area contributed by atoms with Crippen LogP contribution in [0.25, 0.3) is 11.1 Å². The van der Waals surface area contributed by atoms with Crippen molar-refractivity contribution in [2.45, 2.75) is 13.3 Å². The normalized spacial score (nSPS) is 10.9. The van der Waals surface area contributed by atoms with E-state index in [0.29, 0.717) is 11.1 Å². The van der Waals surface area contributed by atoms with Crippen LogP contribution < -0.4 is 4.74 Å². The van der Waals surface area contributed by atoms with Gasteiger partial charge in [0.15, 0.2) is 0 Å². The maximum Gasteiger partial charge on any atom is 0.573 e. The quantitative estimate of drug-likeness (QED) is 0.838. The lowest BCUT2D eigenvalue weighted by Crippen LogP contribution is -2.17. The van der Waals surface area contributed by atoms with Crippen LogP contribution in [0.3, 0.4) is 0 Å². The summed E-state index contributed by atoms with van der Waals surface area (Å²) in [6, 6.07) is 7.26. The Morgan fingerprint density at radius 2 is 1.95 bits per heavy atom. The van der Waals surface area contributed by atoms with Crippen molar-refractivity contribution < 1.29 is 17.9 Å². The summed E-state index contributed by atoms with van der Waals surface area (Å²) < 4.78 is 40.6. The van der Waals surface area contributed by atoms with Gasteiger partial charge in [-0.05, 0) is 36.8 Å². The predicted octanol–water partition coefficient (Wildman–Crippen LogP) is 3.83. The number of benzene rings is 1. The highest BCUT2D eigenvalue weighted by molar-refractivity contribution is 5.73. The van der Waals surface area contributed by atoms with E-state index in [1.807, 2.05) is 6.07 Å². The van der Waals surface area contributed by atoms with Crippen molar-refractivity contribution >= 4 is 0 Å². The number of alkyl halides is 3. The summed E-state index contributed by atoms with van der Waals surface area (Å²) in [7, 11) is 0. The standard InChI is InChI=1S/C14H9F3N2O/c1-9-4-5-19-8-13(9)12-6-11(20-14(15,16)17)3-2-10(12)7-18/h2-6,8H,1H3. The molecule has 0 fully saturated rings. The number of rotatable bonds is 2. The number of nitrogens with zero attached hydrogens (tertiary/aromatic N) is 2. The largest absolute Gasteiger partial charge is 0.573 e. The van der Waals surface area contributed by atoms with Crippen LogP contribution in [0.15, 0.2) is 36.7 Å². The van der Waals surface area contributed by atoms with Gasteiger partial charge in [0.1, 0.15) is 5.75 Å². The number of nitriles is 1. The maximum absolute atomic E-state index is 12.2. The maximum atomic E-state index is 12.2. The van der Waals surface area contributed by atoms with Crippen LogP contribution in [0.5, 0.6) is 5.75 Å². The van der Waals surface area contributed by atoms with Crippen molar-refractivity contribution in [3.8, 4) is 22.9 Å². The molecule has 1 aromatic heterocycles. The lowest BCUT2D eigenvalue weighted by atomic mass is 9.98. The Morgan fingerprint density at radius 1 is 1.20 bits per heavy atom. The number of hydrogen-bond acceptors (Lipinski definition) is 3. The van der Waals surface area contributed by atoms with Gasteiger partial charge in [0.2, 0.25) is 0 Å². The van der Waals surface area contributed by atoms with Crippen molar-refractivity contribution in [3.63, 3.8) is 0 Å². The Hall–Kier alpha value is -2.55. The Morgan fingerprint density at radius 3 is 2.55 bits per heavy atom. The topological polar surface area (TPSA) is 45.9 Å². The molecular weight excluding hydrogens is 269 g/mol. The molecule has 0 aliphatic heterocycles. The molecule has 0 unspecified atom stereocenters. The molecule has 0 bridgehead atoms. The van der Waals surface area contributed by atoms with Crippen molar-refractivity contribution in [2.24, 2.45) is 0 Å². The number of aryl methyl sites for hydroxylation is 1. The van der Waals surface area contributed by atoms with Crippen LogP contribution in [-0.4, -0.2) is 11.3 Å². The molecule has 0 aliphatic rings. The number of halogens is 3. The molecule has 0 amide bonds. The van der Waals surface area contributed by atoms with Gasteiger partial charge >= 0.3 is 6.36 Å². The highest BCUT2D eigenvalue weighted by atomic mass is 19.4. The summed E-state index contributed by atoms with van der Waals surface area (Å²) in [5, 5.41) is 9.06. The molecule has 0 atom stereocenters. The van der Waals surface area contributed by atoms with Crippen molar-refractivity contribution in [3.05, 3.63) is 47.8 Å². The number of aromatic nitrogens is 1. The van der Waals surface area contributed by atoms with Crippen LogP contribution in [0.4, 0.5) is 13.2 Å². The third-order valence-electron chi connectivity index (χ3n) is 2.67. The van der Waals surface area contributed by atoms with E-state index in [1.54, 1.807) is 19.2 Å². The van der Waals surface area contributed by atoms with Gasteiger partial charge in [-0.1, -0.05) is 0 Å². The average Bonchev–Trinajstić information content (AvgIpc) is 2.37. The molecule has 102 valence electrons. The molecule has 3 nitrogen and oxygen atoms in total. The average molecular weight is 278 g/mol. The van der Waals surface area contributed by atoms with E-state index < -0.39 is 6.36 Å². The summed E-state index contributed by atoms with van der Waals surface area (Å²) in [6.45, 7) is 1.79. The Kier molecular flexibility index (Phi) is 3.61. The molecule has 6 heteroatoms. The zero-order valence-electron chi connectivity index (χ0n) is 10.4. The van der Waals surface area contributed by atoms with Gasteiger partial charge in [-0.2, -0.15) is 5.26 Å². The van der Waals surface area contributed by atoms with Crippen molar-refractivity contribution in [1.29, 1.82) is 5.26 Å². The molecule has 1 heterocycles. The third kappa shape index (κ3) is 3.06. The van der Waals surface area contributed by atoms with Gasteiger partial charge in [0.25, 0.3) is 0 Å². The van der Waals surface area contributed by atoms with Crippen molar-refractivity contribution in [1.82, 2.24) is 4.98 Å². The molecule has 20 heavy (non-hydrogen) atoms. The molecule has 0 saturated heterocycles. The first-order valence-electron chi connectivity index (χ1n) is 5.61. The molecule has 0 N–H and O–H groups in total. The smallest absolute Gasteiger partial charge is 0.406 e. The molecule has 0 aliphatic carbocycles. The highest BCUT2D eigenvalue weighted by Crippen LogP contribution is 2.31. The monoisotopic (exact) mass is 278 g/mol. The minimum Gasteiger partial charge on any atom is -0.406 e. The molecule has 0 saturated carbocycles. The Balaban J connectivity index is 2.54. The summed E-state index contributed by atoms with van der Waals surface area (Å²) in [5.74, 6) is -0.366. The highest BCUT2D eigenvalue weighted by Gasteiger charge is 2.31. The predicted molar refractivity (Wildman–Crippen MR) is 65.8 cm³/mol. The summed E-state index contributed by atoms with van der Waals surface area (Å²) in [6.07, 6.45) is -1.70. The van der Waals surface area contributed by atoms with Crippen LogP contribution in [0, 0.1) is 18.3 Å². The molecule has 0 spiro atoms. The first-order valence-corrected chi connectivity index (χ1v) is 5.61. The lowest BCUT2D eigenvalue weighted by molar-refractivity contribution is -0.274. The van der Waals surface area contributed by atoms with E-state index >= 15 is 0 Å².